The zero-order valence-corrected chi connectivity index (χ0v) is 14.4. The Morgan fingerprint density at radius 2 is 1.77 bits per heavy atom. The van der Waals surface area contributed by atoms with E-state index in [0.29, 0.717) is 23.1 Å². The Morgan fingerprint density at radius 1 is 1.08 bits per heavy atom. The molecule has 0 bridgehead atoms. The number of hydrogen-bond acceptors (Lipinski definition) is 4. The van der Waals surface area contributed by atoms with Gasteiger partial charge in [-0.1, -0.05) is 0 Å². The quantitative estimate of drug-likeness (QED) is 0.642. The number of rotatable bonds is 6. The van der Waals surface area contributed by atoms with Crippen molar-refractivity contribution in [3.8, 4) is 28.4 Å². The number of benzene rings is 2. The fraction of sp³-hybridized carbons (Fsp3) is 0.316. The first-order valence-electron chi connectivity index (χ1n) is 8.29. The van der Waals surface area contributed by atoms with Gasteiger partial charge in [-0.3, -0.25) is 4.68 Å². The number of halogens is 2. The van der Waals surface area contributed by atoms with Crippen LogP contribution in [0.3, 0.4) is 0 Å². The standard InChI is InChI=1S/C19H18F2N2O3/c1-24-13-7-11(8-14(9-13)25-2)15-5-6-17(26-19(20)21)18-16(15)10-23(22-18)12-3-4-12/h5-10,12,19H,3-4H2,1-2H3. The van der Waals surface area contributed by atoms with E-state index in [1.165, 1.54) is 6.07 Å². The molecule has 0 amide bonds. The van der Waals surface area contributed by atoms with Crippen molar-refractivity contribution in [2.24, 2.45) is 0 Å². The molecule has 0 spiro atoms. The average Bonchev–Trinajstić information content (AvgIpc) is 3.39. The van der Waals surface area contributed by atoms with Crippen molar-refractivity contribution in [3.63, 3.8) is 0 Å². The van der Waals surface area contributed by atoms with Crippen molar-refractivity contribution in [1.82, 2.24) is 9.78 Å². The molecule has 1 aliphatic rings. The number of alkyl halides is 2. The lowest BCUT2D eigenvalue weighted by Gasteiger charge is -2.11. The summed E-state index contributed by atoms with van der Waals surface area (Å²) in [6.07, 6.45) is 3.98. The van der Waals surface area contributed by atoms with Gasteiger partial charge in [0.25, 0.3) is 0 Å². The Labute approximate surface area is 149 Å². The summed E-state index contributed by atoms with van der Waals surface area (Å²) in [7, 11) is 3.16. The monoisotopic (exact) mass is 360 g/mol. The second-order valence-electron chi connectivity index (χ2n) is 6.19. The molecule has 1 fully saturated rings. The van der Waals surface area contributed by atoms with Crippen molar-refractivity contribution in [3.05, 3.63) is 36.5 Å². The molecule has 0 atom stereocenters. The molecule has 0 N–H and O–H groups in total. The zero-order chi connectivity index (χ0) is 18.3. The third-order valence-corrected chi connectivity index (χ3v) is 4.46. The lowest BCUT2D eigenvalue weighted by Crippen LogP contribution is -2.02. The van der Waals surface area contributed by atoms with Gasteiger partial charge in [-0.25, -0.2) is 0 Å². The molecule has 5 nitrogen and oxygen atoms in total. The van der Waals surface area contributed by atoms with Crippen LogP contribution in [-0.4, -0.2) is 30.6 Å². The molecule has 0 unspecified atom stereocenters. The second-order valence-corrected chi connectivity index (χ2v) is 6.19. The van der Waals surface area contributed by atoms with E-state index >= 15 is 0 Å². The van der Waals surface area contributed by atoms with Crippen LogP contribution in [0.1, 0.15) is 18.9 Å². The van der Waals surface area contributed by atoms with Crippen molar-refractivity contribution < 1.29 is 23.0 Å². The summed E-state index contributed by atoms with van der Waals surface area (Å²) in [5.41, 5.74) is 2.13. The molecule has 3 aromatic rings. The Hall–Kier alpha value is -2.83. The predicted octanol–water partition coefficient (Wildman–Crippen LogP) is 4.66. The molecule has 1 aromatic heterocycles. The molecule has 0 radical (unpaired) electrons. The first kappa shape index (κ1) is 16.6. The largest absolute Gasteiger partial charge is 0.497 e. The van der Waals surface area contributed by atoms with Crippen LogP contribution < -0.4 is 14.2 Å². The van der Waals surface area contributed by atoms with Gasteiger partial charge in [0.1, 0.15) is 17.0 Å². The smallest absolute Gasteiger partial charge is 0.387 e. The van der Waals surface area contributed by atoms with Crippen LogP contribution in [0.4, 0.5) is 8.78 Å². The first-order valence-corrected chi connectivity index (χ1v) is 8.29. The highest BCUT2D eigenvalue weighted by Crippen LogP contribution is 2.41. The normalized spacial score (nSPS) is 14.0. The second kappa shape index (κ2) is 6.48. The highest BCUT2D eigenvalue weighted by molar-refractivity contribution is 5.98. The van der Waals surface area contributed by atoms with E-state index in [1.807, 2.05) is 23.0 Å². The Kier molecular flexibility index (Phi) is 4.14. The summed E-state index contributed by atoms with van der Waals surface area (Å²) in [6.45, 7) is -2.90. The first-order chi connectivity index (χ1) is 12.6. The summed E-state index contributed by atoms with van der Waals surface area (Å²) in [5, 5.41) is 5.25. The molecule has 26 heavy (non-hydrogen) atoms. The minimum atomic E-state index is -2.90. The van der Waals surface area contributed by atoms with Gasteiger partial charge in [0.2, 0.25) is 0 Å². The van der Waals surface area contributed by atoms with Crippen molar-refractivity contribution in [2.75, 3.05) is 14.2 Å². The molecule has 4 rings (SSSR count). The highest BCUT2D eigenvalue weighted by Gasteiger charge is 2.26. The van der Waals surface area contributed by atoms with Crippen LogP contribution >= 0.6 is 0 Å². The van der Waals surface area contributed by atoms with Crippen LogP contribution in [0.15, 0.2) is 36.5 Å². The van der Waals surface area contributed by atoms with Crippen molar-refractivity contribution in [2.45, 2.75) is 25.5 Å². The number of hydrogen-bond donors (Lipinski definition) is 0. The summed E-state index contributed by atoms with van der Waals surface area (Å²) in [4.78, 5) is 0. The van der Waals surface area contributed by atoms with E-state index < -0.39 is 6.61 Å². The van der Waals surface area contributed by atoms with E-state index in [0.717, 1.165) is 29.4 Å². The number of methoxy groups -OCH3 is 2. The summed E-state index contributed by atoms with van der Waals surface area (Å²) in [6, 6.07) is 9.14. The average molecular weight is 360 g/mol. The lowest BCUT2D eigenvalue weighted by molar-refractivity contribution is -0.0489. The molecule has 1 aliphatic carbocycles. The molecule has 0 aliphatic heterocycles. The molecule has 0 saturated heterocycles. The number of ether oxygens (including phenoxy) is 3. The Bertz CT molecular complexity index is 929. The van der Waals surface area contributed by atoms with Gasteiger partial charge in [0.15, 0.2) is 5.75 Å². The van der Waals surface area contributed by atoms with E-state index in [1.54, 1.807) is 26.4 Å². The maximum absolute atomic E-state index is 12.8. The van der Waals surface area contributed by atoms with Crippen molar-refractivity contribution in [1.29, 1.82) is 0 Å². The maximum Gasteiger partial charge on any atom is 0.387 e. The summed E-state index contributed by atoms with van der Waals surface area (Å²) < 4.78 is 42.7. The third-order valence-electron chi connectivity index (χ3n) is 4.46. The number of nitrogens with zero attached hydrogens (tertiary/aromatic N) is 2. The minimum absolute atomic E-state index is 0.0769. The topological polar surface area (TPSA) is 45.5 Å². The van der Waals surface area contributed by atoms with Crippen LogP contribution in [0.2, 0.25) is 0 Å². The fourth-order valence-electron chi connectivity index (χ4n) is 3.03. The molecule has 1 saturated carbocycles. The lowest BCUT2D eigenvalue weighted by atomic mass is 10.0. The maximum atomic E-state index is 12.8. The number of aromatic nitrogens is 2. The van der Waals surface area contributed by atoms with Crippen LogP contribution in [0.25, 0.3) is 22.0 Å². The van der Waals surface area contributed by atoms with E-state index in [9.17, 15) is 8.78 Å². The summed E-state index contributed by atoms with van der Waals surface area (Å²) >= 11 is 0. The molecule has 7 heteroatoms. The molecule has 136 valence electrons. The third kappa shape index (κ3) is 3.05. The molecule has 2 aromatic carbocycles. The van der Waals surface area contributed by atoms with Gasteiger partial charge in [-0.15, -0.1) is 0 Å². The van der Waals surface area contributed by atoms with E-state index in [4.69, 9.17) is 9.47 Å². The molecular formula is C19H18F2N2O3. The van der Waals surface area contributed by atoms with Gasteiger partial charge in [-0.05, 0) is 48.2 Å². The molecular weight excluding hydrogens is 342 g/mol. The van der Waals surface area contributed by atoms with Gasteiger partial charge >= 0.3 is 6.61 Å². The zero-order valence-electron chi connectivity index (χ0n) is 14.4. The number of fused-ring (bicyclic) bond motifs is 1. The van der Waals surface area contributed by atoms with Crippen LogP contribution in [-0.2, 0) is 0 Å². The fourth-order valence-corrected chi connectivity index (χ4v) is 3.03. The SMILES string of the molecule is COc1cc(OC)cc(-c2ccc(OC(F)F)c3nn(C4CC4)cc23)c1. The van der Waals surface area contributed by atoms with Crippen molar-refractivity contribution >= 4 is 10.9 Å². The minimum Gasteiger partial charge on any atom is -0.497 e. The van der Waals surface area contributed by atoms with E-state index in [2.05, 4.69) is 9.84 Å². The van der Waals surface area contributed by atoms with Gasteiger partial charge in [-0.2, -0.15) is 13.9 Å². The molecule has 1 heterocycles. The van der Waals surface area contributed by atoms with Crippen LogP contribution in [0.5, 0.6) is 17.2 Å². The summed E-state index contributed by atoms with van der Waals surface area (Å²) in [5.74, 6) is 1.37. The predicted molar refractivity (Wildman–Crippen MR) is 93.2 cm³/mol. The van der Waals surface area contributed by atoms with Gasteiger partial charge in [0.05, 0.1) is 20.3 Å². The Morgan fingerprint density at radius 3 is 2.35 bits per heavy atom. The highest BCUT2D eigenvalue weighted by atomic mass is 19.3. The van der Waals surface area contributed by atoms with E-state index in [-0.39, 0.29) is 5.75 Å². The van der Waals surface area contributed by atoms with Gasteiger partial charge < -0.3 is 14.2 Å². The van der Waals surface area contributed by atoms with Gasteiger partial charge in [0, 0.05) is 17.6 Å². The van der Waals surface area contributed by atoms with Crippen LogP contribution in [0, 0.1) is 0 Å². The Balaban J connectivity index is 1.90.